The number of thioether (sulfide) groups is 1. The molecule has 2 aromatic rings. The van der Waals surface area contributed by atoms with Crippen LogP contribution < -0.4 is 25.1 Å². The topological polar surface area (TPSA) is 85.9 Å². The predicted octanol–water partition coefficient (Wildman–Crippen LogP) is 2.37. The van der Waals surface area contributed by atoms with Crippen molar-refractivity contribution in [2.24, 2.45) is 0 Å². The quantitative estimate of drug-likeness (QED) is 0.596. The zero-order valence-electron chi connectivity index (χ0n) is 14.1. The summed E-state index contributed by atoms with van der Waals surface area (Å²) in [7, 11) is 0. The number of carbonyl (C=O) groups excluding carboxylic acids is 2. The molecule has 0 fully saturated rings. The molecule has 7 nitrogen and oxygen atoms in total. The van der Waals surface area contributed by atoms with Gasteiger partial charge in [0.05, 0.1) is 12.4 Å². The van der Waals surface area contributed by atoms with Crippen LogP contribution in [0.3, 0.4) is 0 Å². The van der Waals surface area contributed by atoms with Crippen LogP contribution in [0.25, 0.3) is 0 Å². The van der Waals surface area contributed by atoms with Crippen LogP contribution in [0.5, 0.6) is 17.2 Å². The number of amides is 2. The van der Waals surface area contributed by atoms with Gasteiger partial charge in [0.1, 0.15) is 5.75 Å². The highest BCUT2D eigenvalue weighted by molar-refractivity contribution is 8.00. The SMILES string of the molecule is CCOc1ccc(SCC(=O)NNC(=O)c2ccc3c(c2)OCO3)cc1. The summed E-state index contributed by atoms with van der Waals surface area (Å²) < 4.78 is 15.8. The highest BCUT2D eigenvalue weighted by Crippen LogP contribution is 2.32. The number of ether oxygens (including phenoxy) is 3. The Hall–Kier alpha value is -2.87. The standard InChI is InChI=1S/C18H18N2O5S/c1-2-23-13-4-6-14(7-5-13)26-10-17(21)19-20-18(22)12-3-8-15-16(9-12)25-11-24-15/h3-9H,2,10-11H2,1H3,(H,19,21)(H,20,22). The molecule has 0 atom stereocenters. The van der Waals surface area contributed by atoms with Crippen molar-refractivity contribution in [2.45, 2.75) is 11.8 Å². The highest BCUT2D eigenvalue weighted by Gasteiger charge is 2.16. The Labute approximate surface area is 155 Å². The van der Waals surface area contributed by atoms with Gasteiger partial charge < -0.3 is 14.2 Å². The minimum Gasteiger partial charge on any atom is -0.494 e. The van der Waals surface area contributed by atoms with Crippen molar-refractivity contribution in [1.82, 2.24) is 10.9 Å². The van der Waals surface area contributed by atoms with Gasteiger partial charge in [-0.25, -0.2) is 0 Å². The van der Waals surface area contributed by atoms with E-state index in [1.165, 1.54) is 11.8 Å². The third-order valence-electron chi connectivity index (χ3n) is 3.45. The van der Waals surface area contributed by atoms with Crippen molar-refractivity contribution < 1.29 is 23.8 Å². The molecule has 2 aromatic carbocycles. The Morgan fingerprint density at radius 1 is 1.08 bits per heavy atom. The first-order valence-electron chi connectivity index (χ1n) is 8.00. The molecule has 0 bridgehead atoms. The average molecular weight is 374 g/mol. The van der Waals surface area contributed by atoms with Crippen molar-refractivity contribution in [1.29, 1.82) is 0 Å². The van der Waals surface area contributed by atoms with Crippen LogP contribution in [0.15, 0.2) is 47.4 Å². The van der Waals surface area contributed by atoms with E-state index in [9.17, 15) is 9.59 Å². The van der Waals surface area contributed by atoms with E-state index in [1.54, 1.807) is 18.2 Å². The maximum atomic E-state index is 12.1. The molecule has 26 heavy (non-hydrogen) atoms. The van der Waals surface area contributed by atoms with Gasteiger partial charge in [-0.1, -0.05) is 0 Å². The van der Waals surface area contributed by atoms with Gasteiger partial charge in [-0.3, -0.25) is 20.4 Å². The van der Waals surface area contributed by atoms with Crippen molar-refractivity contribution in [3.05, 3.63) is 48.0 Å². The first-order valence-corrected chi connectivity index (χ1v) is 8.99. The Balaban J connectivity index is 1.44. The third-order valence-corrected chi connectivity index (χ3v) is 4.47. The van der Waals surface area contributed by atoms with Crippen LogP contribution in [-0.2, 0) is 4.79 Å². The van der Waals surface area contributed by atoms with Crippen molar-refractivity contribution in [3.63, 3.8) is 0 Å². The molecule has 2 amide bonds. The number of rotatable bonds is 6. The molecule has 0 unspecified atom stereocenters. The van der Waals surface area contributed by atoms with Crippen LogP contribution in [-0.4, -0.2) is 31.0 Å². The lowest BCUT2D eigenvalue weighted by molar-refractivity contribution is -0.119. The zero-order chi connectivity index (χ0) is 18.4. The van der Waals surface area contributed by atoms with Crippen LogP contribution in [0.1, 0.15) is 17.3 Å². The minimum absolute atomic E-state index is 0.139. The minimum atomic E-state index is -0.428. The maximum absolute atomic E-state index is 12.1. The van der Waals surface area contributed by atoms with E-state index in [4.69, 9.17) is 14.2 Å². The number of hydrogen-bond acceptors (Lipinski definition) is 6. The summed E-state index contributed by atoms with van der Waals surface area (Å²) in [5.74, 6) is 1.33. The van der Waals surface area contributed by atoms with Crippen molar-refractivity contribution >= 4 is 23.6 Å². The molecule has 8 heteroatoms. The molecule has 3 rings (SSSR count). The molecular weight excluding hydrogens is 356 g/mol. The number of nitrogens with one attached hydrogen (secondary N) is 2. The average Bonchev–Trinajstić information content (AvgIpc) is 3.13. The van der Waals surface area contributed by atoms with E-state index in [0.717, 1.165) is 10.6 Å². The normalized spacial score (nSPS) is 11.7. The first kappa shape index (κ1) is 17.9. The summed E-state index contributed by atoms with van der Waals surface area (Å²) in [5, 5.41) is 0. The van der Waals surface area contributed by atoms with E-state index in [1.807, 2.05) is 31.2 Å². The van der Waals surface area contributed by atoms with Crippen LogP contribution in [0, 0.1) is 0 Å². The smallest absolute Gasteiger partial charge is 0.269 e. The summed E-state index contributed by atoms with van der Waals surface area (Å²) in [6.07, 6.45) is 0. The van der Waals surface area contributed by atoms with Gasteiger partial charge in [-0.05, 0) is 49.4 Å². The van der Waals surface area contributed by atoms with E-state index >= 15 is 0 Å². The molecule has 1 aliphatic heterocycles. The largest absolute Gasteiger partial charge is 0.494 e. The van der Waals surface area contributed by atoms with Gasteiger partial charge in [-0.15, -0.1) is 11.8 Å². The van der Waals surface area contributed by atoms with Gasteiger partial charge in [0.15, 0.2) is 11.5 Å². The summed E-state index contributed by atoms with van der Waals surface area (Å²) >= 11 is 1.36. The molecular formula is C18H18N2O5S. The summed E-state index contributed by atoms with van der Waals surface area (Å²) in [6, 6.07) is 12.3. The van der Waals surface area contributed by atoms with E-state index in [-0.39, 0.29) is 18.5 Å². The van der Waals surface area contributed by atoms with Gasteiger partial charge in [0.2, 0.25) is 12.7 Å². The first-order chi connectivity index (χ1) is 12.7. The summed E-state index contributed by atoms with van der Waals surface area (Å²) in [6.45, 7) is 2.67. The molecule has 0 saturated carbocycles. The predicted molar refractivity (Wildman–Crippen MR) is 96.5 cm³/mol. The van der Waals surface area contributed by atoms with Gasteiger partial charge >= 0.3 is 0 Å². The van der Waals surface area contributed by atoms with Gasteiger partial charge in [0, 0.05) is 10.5 Å². The molecule has 0 radical (unpaired) electrons. The number of benzene rings is 2. The van der Waals surface area contributed by atoms with Crippen LogP contribution in [0.2, 0.25) is 0 Å². The second-order valence-electron chi connectivity index (χ2n) is 5.26. The second kappa shape index (κ2) is 8.48. The van der Waals surface area contributed by atoms with Crippen molar-refractivity contribution in [3.8, 4) is 17.2 Å². The van der Waals surface area contributed by atoms with E-state index < -0.39 is 5.91 Å². The molecule has 1 heterocycles. The fraction of sp³-hybridized carbons (Fsp3) is 0.222. The molecule has 1 aliphatic rings. The third kappa shape index (κ3) is 4.60. The fourth-order valence-corrected chi connectivity index (χ4v) is 2.92. The number of carbonyl (C=O) groups is 2. The highest BCUT2D eigenvalue weighted by atomic mass is 32.2. The van der Waals surface area contributed by atoms with Crippen LogP contribution >= 0.6 is 11.8 Å². The lowest BCUT2D eigenvalue weighted by atomic mass is 10.2. The summed E-state index contributed by atoms with van der Waals surface area (Å²) in [4.78, 5) is 24.9. The molecule has 0 spiro atoms. The second-order valence-corrected chi connectivity index (χ2v) is 6.31. The number of hydrogen-bond donors (Lipinski definition) is 2. The zero-order valence-corrected chi connectivity index (χ0v) is 14.9. The lowest BCUT2D eigenvalue weighted by Crippen LogP contribution is -2.42. The Morgan fingerprint density at radius 3 is 2.62 bits per heavy atom. The molecule has 0 aromatic heterocycles. The summed E-state index contributed by atoms with van der Waals surface area (Å²) in [5.41, 5.74) is 5.15. The van der Waals surface area contributed by atoms with Gasteiger partial charge in [-0.2, -0.15) is 0 Å². The lowest BCUT2D eigenvalue weighted by Gasteiger charge is -2.08. The molecule has 0 saturated heterocycles. The Kier molecular flexibility index (Phi) is 5.85. The van der Waals surface area contributed by atoms with Crippen LogP contribution in [0.4, 0.5) is 0 Å². The van der Waals surface area contributed by atoms with Gasteiger partial charge in [0.25, 0.3) is 5.91 Å². The van der Waals surface area contributed by atoms with E-state index in [0.29, 0.717) is 23.7 Å². The number of hydrazine groups is 1. The van der Waals surface area contributed by atoms with E-state index in [2.05, 4.69) is 10.9 Å². The molecule has 2 N–H and O–H groups in total. The monoisotopic (exact) mass is 374 g/mol. The molecule has 136 valence electrons. The van der Waals surface area contributed by atoms with Crippen molar-refractivity contribution in [2.75, 3.05) is 19.2 Å². The fourth-order valence-electron chi connectivity index (χ4n) is 2.22. The Bertz CT molecular complexity index is 795. The Morgan fingerprint density at radius 2 is 1.85 bits per heavy atom. The maximum Gasteiger partial charge on any atom is 0.269 e. The number of fused-ring (bicyclic) bond motifs is 1. The molecule has 0 aliphatic carbocycles.